The molecule has 0 saturated heterocycles. The number of nitrogens with one attached hydrogen (secondary N) is 1. The molecule has 4 rings (SSSR count). The molecule has 0 bridgehead atoms. The van der Waals surface area contributed by atoms with Crippen molar-refractivity contribution in [2.45, 2.75) is 103 Å². The van der Waals surface area contributed by atoms with Gasteiger partial charge in [-0.2, -0.15) is 12.8 Å². The second-order valence-electron chi connectivity index (χ2n) is 12.7. The number of aliphatic hydroxyl groups excluding tert-OH is 1. The van der Waals surface area contributed by atoms with Gasteiger partial charge in [0.25, 0.3) is 15.9 Å². The number of sulfonamides is 2. The summed E-state index contributed by atoms with van der Waals surface area (Å²) in [5.74, 6) is 0.535. The predicted octanol–water partition coefficient (Wildman–Crippen LogP) is 4.68. The van der Waals surface area contributed by atoms with Crippen LogP contribution in [0.15, 0.2) is 38.8 Å². The van der Waals surface area contributed by atoms with E-state index in [0.717, 1.165) is 25.5 Å². The van der Waals surface area contributed by atoms with E-state index in [0.29, 0.717) is 11.8 Å². The maximum Gasteiger partial charge on any atom is 0.283 e. The van der Waals surface area contributed by atoms with Gasteiger partial charge < -0.3 is 10.0 Å². The number of nitrogens with zero attached hydrogens (tertiary/aromatic N) is 2. The third-order valence-electron chi connectivity index (χ3n) is 8.49. The SMILES string of the molecule is CCCC(CC(C)N1C(=O)C(C2=NS(=O)(=O)c3c(CNS(C)(=O)=O)cccc32)=C(O)[C@@H]1C(C)(C)C)C1CCCC1. The molecule has 2 unspecified atom stereocenters. The highest BCUT2D eigenvalue weighted by molar-refractivity contribution is 7.91. The first-order valence-corrected chi connectivity index (χ1v) is 17.6. The molecule has 3 aliphatic rings. The Morgan fingerprint density at radius 2 is 1.85 bits per heavy atom. The van der Waals surface area contributed by atoms with Crippen molar-refractivity contribution in [1.82, 2.24) is 9.62 Å². The third-order valence-corrected chi connectivity index (χ3v) is 10.6. The van der Waals surface area contributed by atoms with Gasteiger partial charge in [-0.25, -0.2) is 13.1 Å². The van der Waals surface area contributed by atoms with E-state index in [1.807, 2.05) is 27.7 Å². The second kappa shape index (κ2) is 11.2. The number of fused-ring (bicyclic) bond motifs is 1. The highest BCUT2D eigenvalue weighted by atomic mass is 32.2. The molecule has 1 aliphatic carbocycles. The molecule has 1 saturated carbocycles. The molecule has 11 heteroatoms. The molecule has 0 radical (unpaired) electrons. The van der Waals surface area contributed by atoms with Crippen molar-refractivity contribution in [3.63, 3.8) is 0 Å². The minimum Gasteiger partial charge on any atom is -0.509 e. The number of carbonyl (C=O) groups is 1. The Balaban J connectivity index is 1.73. The lowest BCUT2D eigenvalue weighted by Gasteiger charge is -2.40. The van der Waals surface area contributed by atoms with Gasteiger partial charge in [0, 0.05) is 18.2 Å². The molecule has 222 valence electrons. The molecule has 0 aromatic heterocycles. The average Bonchev–Trinajstić information content (AvgIpc) is 3.52. The zero-order valence-corrected chi connectivity index (χ0v) is 26.0. The summed E-state index contributed by atoms with van der Waals surface area (Å²) in [6.45, 7) is 9.85. The summed E-state index contributed by atoms with van der Waals surface area (Å²) in [4.78, 5) is 15.8. The fourth-order valence-electron chi connectivity index (χ4n) is 6.85. The normalized spacial score (nSPS) is 23.1. The molecule has 1 amide bonds. The molecule has 3 atom stereocenters. The Bertz CT molecular complexity index is 1430. The van der Waals surface area contributed by atoms with Crippen molar-refractivity contribution < 1.29 is 26.7 Å². The van der Waals surface area contributed by atoms with Gasteiger partial charge in [0.15, 0.2) is 0 Å². The topological polar surface area (TPSA) is 133 Å². The zero-order chi connectivity index (χ0) is 29.6. The van der Waals surface area contributed by atoms with Crippen molar-refractivity contribution in [3.05, 3.63) is 40.7 Å². The third kappa shape index (κ3) is 6.01. The Morgan fingerprint density at radius 3 is 2.42 bits per heavy atom. The molecule has 40 heavy (non-hydrogen) atoms. The van der Waals surface area contributed by atoms with E-state index in [9.17, 15) is 26.7 Å². The molecule has 2 aliphatic heterocycles. The fraction of sp³-hybridized carbons (Fsp3) is 0.655. The van der Waals surface area contributed by atoms with E-state index in [1.54, 1.807) is 17.0 Å². The lowest BCUT2D eigenvalue weighted by molar-refractivity contribution is -0.131. The molecule has 1 fully saturated rings. The van der Waals surface area contributed by atoms with Crippen LogP contribution < -0.4 is 4.72 Å². The Hall–Kier alpha value is -2.24. The Kier molecular flexibility index (Phi) is 8.61. The highest BCUT2D eigenvalue weighted by Crippen LogP contribution is 2.44. The standard InChI is InChI=1S/C29H43N3O6S2/c1-7-11-20(19-12-8-9-13-19)16-18(2)32-27(29(3,4)5)25(33)23(28(32)34)24-22-15-10-14-21(17-30-39(6,35)36)26(22)40(37,38)31-24/h10,14-15,18-20,27,30,33H,7-9,11-13,16-17H2,1-6H3/t18?,20?,27-/m1/s1. The number of rotatable bonds is 10. The van der Waals surface area contributed by atoms with Gasteiger partial charge in [-0.05, 0) is 36.2 Å². The minimum absolute atomic E-state index is 0.0800. The quantitative estimate of drug-likeness (QED) is 0.405. The molecular formula is C29H43N3O6S2. The van der Waals surface area contributed by atoms with Crippen LogP contribution in [0.2, 0.25) is 0 Å². The van der Waals surface area contributed by atoms with Gasteiger partial charge in [-0.15, -0.1) is 0 Å². The summed E-state index contributed by atoms with van der Waals surface area (Å²) in [6.07, 6.45) is 8.89. The first-order chi connectivity index (χ1) is 18.6. The monoisotopic (exact) mass is 593 g/mol. The second-order valence-corrected chi connectivity index (χ2v) is 16.1. The molecule has 1 aromatic carbocycles. The van der Waals surface area contributed by atoms with Crippen LogP contribution in [0.25, 0.3) is 0 Å². The van der Waals surface area contributed by atoms with E-state index in [2.05, 4.69) is 16.0 Å². The van der Waals surface area contributed by atoms with Crippen LogP contribution in [0.5, 0.6) is 0 Å². The molecular weight excluding hydrogens is 550 g/mol. The van der Waals surface area contributed by atoms with E-state index < -0.39 is 37.4 Å². The summed E-state index contributed by atoms with van der Waals surface area (Å²) in [7, 11) is -7.81. The van der Waals surface area contributed by atoms with Crippen LogP contribution in [0.3, 0.4) is 0 Å². The Morgan fingerprint density at radius 1 is 1.20 bits per heavy atom. The summed E-state index contributed by atoms with van der Waals surface area (Å²) < 4.78 is 56.2. The van der Waals surface area contributed by atoms with Crippen LogP contribution in [0, 0.1) is 17.3 Å². The zero-order valence-electron chi connectivity index (χ0n) is 24.4. The van der Waals surface area contributed by atoms with Gasteiger partial charge in [0.2, 0.25) is 10.0 Å². The first-order valence-electron chi connectivity index (χ1n) is 14.2. The van der Waals surface area contributed by atoms with Crippen molar-refractivity contribution in [2.24, 2.45) is 21.6 Å². The maximum atomic E-state index is 14.2. The van der Waals surface area contributed by atoms with Gasteiger partial charge >= 0.3 is 0 Å². The maximum absolute atomic E-state index is 14.2. The number of benzene rings is 1. The van der Waals surface area contributed by atoms with E-state index in [1.165, 1.54) is 31.7 Å². The Labute approximate surface area is 239 Å². The van der Waals surface area contributed by atoms with Crippen molar-refractivity contribution >= 4 is 31.7 Å². The number of carbonyl (C=O) groups excluding carboxylic acids is 1. The summed E-state index contributed by atoms with van der Waals surface area (Å²) in [5.41, 5.74) is -0.270. The van der Waals surface area contributed by atoms with Crippen LogP contribution in [-0.2, 0) is 31.4 Å². The summed E-state index contributed by atoms with van der Waals surface area (Å²) in [6, 6.07) is 3.86. The van der Waals surface area contributed by atoms with Gasteiger partial charge in [-0.1, -0.05) is 84.4 Å². The highest BCUT2D eigenvalue weighted by Gasteiger charge is 2.51. The smallest absolute Gasteiger partial charge is 0.283 e. The van der Waals surface area contributed by atoms with E-state index in [-0.39, 0.29) is 45.7 Å². The van der Waals surface area contributed by atoms with Gasteiger partial charge in [-0.3, -0.25) is 4.79 Å². The van der Waals surface area contributed by atoms with Crippen molar-refractivity contribution in [2.75, 3.05) is 6.26 Å². The molecule has 2 N–H and O–H groups in total. The molecule has 9 nitrogen and oxygen atoms in total. The largest absolute Gasteiger partial charge is 0.509 e. The first kappa shape index (κ1) is 30.7. The minimum atomic E-state index is -4.23. The van der Waals surface area contributed by atoms with E-state index in [4.69, 9.17) is 0 Å². The van der Waals surface area contributed by atoms with Gasteiger partial charge in [0.1, 0.15) is 21.9 Å². The number of hydrogen-bond donors (Lipinski definition) is 2. The summed E-state index contributed by atoms with van der Waals surface area (Å²) in [5, 5.41) is 11.6. The van der Waals surface area contributed by atoms with Crippen LogP contribution in [0.4, 0.5) is 0 Å². The number of amides is 1. The van der Waals surface area contributed by atoms with Crippen molar-refractivity contribution in [3.8, 4) is 0 Å². The molecule has 1 aromatic rings. The molecule has 0 spiro atoms. The lowest BCUT2D eigenvalue weighted by Crippen LogP contribution is -2.49. The number of aliphatic hydroxyl groups is 1. The summed E-state index contributed by atoms with van der Waals surface area (Å²) >= 11 is 0. The van der Waals surface area contributed by atoms with Crippen LogP contribution >= 0.6 is 0 Å². The number of hydrogen-bond acceptors (Lipinski definition) is 6. The van der Waals surface area contributed by atoms with Crippen LogP contribution in [-0.4, -0.2) is 56.8 Å². The van der Waals surface area contributed by atoms with Crippen LogP contribution in [0.1, 0.15) is 90.7 Å². The average molecular weight is 594 g/mol. The van der Waals surface area contributed by atoms with Crippen molar-refractivity contribution in [1.29, 1.82) is 0 Å². The fourth-order valence-corrected chi connectivity index (χ4v) is 8.70. The van der Waals surface area contributed by atoms with Gasteiger partial charge in [0.05, 0.1) is 12.3 Å². The predicted molar refractivity (Wildman–Crippen MR) is 156 cm³/mol. The lowest BCUT2D eigenvalue weighted by atomic mass is 9.81. The molecule has 2 heterocycles. The van der Waals surface area contributed by atoms with E-state index >= 15 is 0 Å².